The Labute approximate surface area is 163 Å². The molecule has 0 unspecified atom stereocenters. The smallest absolute Gasteiger partial charge is 0.326 e. The molecule has 0 saturated carbocycles. The quantitative estimate of drug-likeness (QED) is 0.722. The molecule has 140 valence electrons. The zero-order chi connectivity index (χ0) is 18.7. The van der Waals surface area contributed by atoms with Crippen molar-refractivity contribution in [3.63, 3.8) is 0 Å². The van der Waals surface area contributed by atoms with Gasteiger partial charge in [0, 0.05) is 19.2 Å². The molecule has 0 bridgehead atoms. The van der Waals surface area contributed by atoms with Crippen molar-refractivity contribution in [2.45, 2.75) is 4.90 Å². The van der Waals surface area contributed by atoms with E-state index in [1.54, 1.807) is 12.1 Å². The maximum Gasteiger partial charge on any atom is 0.326 e. The van der Waals surface area contributed by atoms with Crippen molar-refractivity contribution in [2.75, 3.05) is 36.9 Å². The molecule has 1 aromatic heterocycles. The highest BCUT2D eigenvalue weighted by Gasteiger charge is 2.27. The second-order valence-corrected chi connectivity index (χ2v) is 8.47. The van der Waals surface area contributed by atoms with E-state index in [2.05, 4.69) is 26.6 Å². The number of amides is 2. The Hall–Kier alpha value is -1.59. The molecule has 0 radical (unpaired) electrons. The van der Waals surface area contributed by atoms with Crippen LogP contribution in [-0.2, 0) is 14.8 Å². The van der Waals surface area contributed by atoms with Gasteiger partial charge in [0.05, 0.1) is 28.8 Å². The third-order valence-electron chi connectivity index (χ3n) is 3.60. The van der Waals surface area contributed by atoms with E-state index >= 15 is 0 Å². The van der Waals surface area contributed by atoms with Gasteiger partial charge in [-0.2, -0.15) is 4.31 Å². The SMILES string of the molecule is O=C(Nc1ccc(Br)o1)Nc1cc(S(=O)(=O)N2CCOCC2)ccc1Cl. The number of ether oxygens (including phenoxy) is 1. The first-order chi connectivity index (χ1) is 12.4. The highest BCUT2D eigenvalue weighted by Crippen LogP contribution is 2.28. The first-order valence-electron chi connectivity index (χ1n) is 7.57. The van der Waals surface area contributed by atoms with Crippen LogP contribution in [0.4, 0.5) is 16.4 Å². The Morgan fingerprint density at radius 3 is 2.54 bits per heavy atom. The number of nitrogens with zero attached hydrogens (tertiary/aromatic N) is 1. The lowest BCUT2D eigenvalue weighted by molar-refractivity contribution is 0.0730. The maximum atomic E-state index is 12.7. The van der Waals surface area contributed by atoms with Crippen molar-refractivity contribution in [2.24, 2.45) is 0 Å². The standard InChI is InChI=1S/C15H15BrClN3O5S/c16-13-3-4-14(25-13)19-15(21)18-12-9-10(1-2-11(12)17)26(22,23)20-5-7-24-8-6-20/h1-4,9H,5-8H2,(H2,18,19,21). The monoisotopic (exact) mass is 463 g/mol. The summed E-state index contributed by atoms with van der Waals surface area (Å²) in [5, 5.41) is 5.21. The van der Waals surface area contributed by atoms with Crippen LogP contribution in [0.25, 0.3) is 0 Å². The van der Waals surface area contributed by atoms with Gasteiger partial charge in [0.25, 0.3) is 0 Å². The van der Waals surface area contributed by atoms with Crippen molar-refractivity contribution in [1.82, 2.24) is 4.31 Å². The fraction of sp³-hybridized carbons (Fsp3) is 0.267. The number of benzene rings is 1. The van der Waals surface area contributed by atoms with E-state index in [-0.39, 0.29) is 34.6 Å². The molecule has 3 rings (SSSR count). The minimum atomic E-state index is -3.69. The van der Waals surface area contributed by atoms with Crippen LogP contribution in [0.2, 0.25) is 5.02 Å². The lowest BCUT2D eigenvalue weighted by atomic mass is 10.3. The third kappa shape index (κ3) is 4.38. The summed E-state index contributed by atoms with van der Waals surface area (Å²) in [6, 6.07) is 6.72. The highest BCUT2D eigenvalue weighted by atomic mass is 79.9. The third-order valence-corrected chi connectivity index (χ3v) is 6.25. The Balaban J connectivity index is 1.77. The summed E-state index contributed by atoms with van der Waals surface area (Å²) in [5.41, 5.74) is 0.170. The van der Waals surface area contributed by atoms with Gasteiger partial charge in [-0.25, -0.2) is 13.2 Å². The van der Waals surface area contributed by atoms with Gasteiger partial charge in [-0.1, -0.05) is 11.6 Å². The van der Waals surface area contributed by atoms with Gasteiger partial charge in [0.2, 0.25) is 15.9 Å². The highest BCUT2D eigenvalue weighted by molar-refractivity contribution is 9.10. The van der Waals surface area contributed by atoms with Crippen molar-refractivity contribution in [3.05, 3.63) is 40.0 Å². The Morgan fingerprint density at radius 1 is 1.15 bits per heavy atom. The van der Waals surface area contributed by atoms with Crippen LogP contribution < -0.4 is 10.6 Å². The summed E-state index contributed by atoms with van der Waals surface area (Å²) < 4.78 is 37.6. The van der Waals surface area contributed by atoms with E-state index in [0.29, 0.717) is 17.9 Å². The lowest BCUT2D eigenvalue weighted by Crippen LogP contribution is -2.40. The van der Waals surface area contributed by atoms with Crippen LogP contribution >= 0.6 is 27.5 Å². The molecule has 2 heterocycles. The van der Waals surface area contributed by atoms with Gasteiger partial charge in [-0.3, -0.25) is 5.32 Å². The first kappa shape index (κ1) is 19.2. The number of rotatable bonds is 4. The molecular formula is C15H15BrClN3O5S. The van der Waals surface area contributed by atoms with Gasteiger partial charge in [-0.05, 0) is 40.2 Å². The molecular weight excluding hydrogens is 450 g/mol. The number of morpholine rings is 1. The van der Waals surface area contributed by atoms with Crippen LogP contribution in [-0.4, -0.2) is 45.1 Å². The Morgan fingerprint density at radius 2 is 1.88 bits per heavy atom. The first-order valence-corrected chi connectivity index (χ1v) is 10.2. The van der Waals surface area contributed by atoms with Crippen molar-refractivity contribution in [1.29, 1.82) is 0 Å². The number of anilines is 2. The van der Waals surface area contributed by atoms with Gasteiger partial charge in [0.15, 0.2) is 4.67 Å². The molecule has 11 heteroatoms. The molecule has 0 atom stereocenters. The lowest BCUT2D eigenvalue weighted by Gasteiger charge is -2.26. The molecule has 2 aromatic rings. The Bertz CT molecular complexity index is 912. The van der Waals surface area contributed by atoms with Crippen LogP contribution in [0.1, 0.15) is 0 Å². The average Bonchev–Trinajstić information content (AvgIpc) is 3.02. The molecule has 0 aliphatic carbocycles. The van der Waals surface area contributed by atoms with E-state index in [0.717, 1.165) is 0 Å². The number of carbonyl (C=O) groups is 1. The van der Waals surface area contributed by atoms with Gasteiger partial charge in [-0.15, -0.1) is 0 Å². The topological polar surface area (TPSA) is 101 Å². The van der Waals surface area contributed by atoms with E-state index in [4.69, 9.17) is 20.8 Å². The number of furan rings is 1. The minimum Gasteiger partial charge on any atom is -0.434 e. The predicted molar refractivity (Wildman–Crippen MR) is 100 cm³/mol. The van der Waals surface area contributed by atoms with E-state index in [1.165, 1.54) is 22.5 Å². The molecule has 1 aliphatic heterocycles. The second kappa shape index (κ2) is 7.97. The van der Waals surface area contributed by atoms with E-state index < -0.39 is 16.1 Å². The van der Waals surface area contributed by atoms with E-state index in [9.17, 15) is 13.2 Å². The number of carbonyl (C=O) groups excluding carboxylic acids is 1. The predicted octanol–water partition coefficient (Wildman–Crippen LogP) is 3.36. The molecule has 1 saturated heterocycles. The zero-order valence-corrected chi connectivity index (χ0v) is 16.5. The van der Waals surface area contributed by atoms with E-state index in [1.807, 2.05) is 0 Å². The molecule has 26 heavy (non-hydrogen) atoms. The van der Waals surface area contributed by atoms with Gasteiger partial charge >= 0.3 is 6.03 Å². The fourth-order valence-electron chi connectivity index (χ4n) is 2.34. The number of halogens is 2. The minimum absolute atomic E-state index is 0.0415. The van der Waals surface area contributed by atoms with Crippen LogP contribution in [0.3, 0.4) is 0 Å². The summed E-state index contributed by atoms with van der Waals surface area (Å²) in [6.45, 7) is 1.25. The van der Waals surface area contributed by atoms with Crippen molar-refractivity contribution >= 4 is 55.2 Å². The molecule has 2 amide bonds. The van der Waals surface area contributed by atoms with Crippen molar-refractivity contribution < 1.29 is 22.4 Å². The summed E-state index contributed by atoms with van der Waals surface area (Å²) in [6.07, 6.45) is 0. The summed E-state index contributed by atoms with van der Waals surface area (Å²) in [7, 11) is -3.69. The maximum absolute atomic E-state index is 12.7. The molecule has 1 fully saturated rings. The normalized spacial score (nSPS) is 15.6. The molecule has 1 aliphatic rings. The second-order valence-electron chi connectivity index (χ2n) is 5.34. The number of hydrogen-bond donors (Lipinski definition) is 2. The number of hydrogen-bond acceptors (Lipinski definition) is 5. The van der Waals surface area contributed by atoms with Crippen LogP contribution in [0.5, 0.6) is 0 Å². The fourth-order valence-corrected chi connectivity index (χ4v) is 4.25. The largest absolute Gasteiger partial charge is 0.434 e. The van der Waals surface area contributed by atoms with Gasteiger partial charge < -0.3 is 14.5 Å². The summed E-state index contributed by atoms with van der Waals surface area (Å²) >= 11 is 9.21. The van der Waals surface area contributed by atoms with Crippen LogP contribution in [0.15, 0.2) is 44.3 Å². The van der Waals surface area contributed by atoms with Crippen molar-refractivity contribution in [3.8, 4) is 0 Å². The van der Waals surface area contributed by atoms with Crippen LogP contribution in [0, 0.1) is 0 Å². The summed E-state index contributed by atoms with van der Waals surface area (Å²) in [4.78, 5) is 12.1. The molecule has 2 N–H and O–H groups in total. The Kier molecular flexibility index (Phi) is 5.88. The molecule has 0 spiro atoms. The average molecular weight is 465 g/mol. The van der Waals surface area contributed by atoms with Gasteiger partial charge in [0.1, 0.15) is 0 Å². The number of nitrogens with one attached hydrogen (secondary N) is 2. The molecule has 1 aromatic carbocycles. The number of urea groups is 1. The molecule has 8 nitrogen and oxygen atoms in total. The zero-order valence-electron chi connectivity index (χ0n) is 13.4. The number of sulfonamides is 1. The summed E-state index contributed by atoms with van der Waals surface area (Å²) in [5.74, 6) is 0.225.